The fourth-order valence-corrected chi connectivity index (χ4v) is 15.6. The number of nitrogens with zero attached hydrogens (tertiary/aromatic N) is 4. The normalized spacial score (nSPS) is 18.0. The van der Waals surface area contributed by atoms with Crippen LogP contribution in [-0.2, 0) is 58.8 Å². The van der Waals surface area contributed by atoms with Crippen molar-refractivity contribution in [3.05, 3.63) is 190 Å². The van der Waals surface area contributed by atoms with Gasteiger partial charge in [0.15, 0.2) is 13.6 Å². The number of carboxylic acid groups (broad SMARTS) is 1. The van der Waals surface area contributed by atoms with Crippen LogP contribution < -0.4 is 9.80 Å². The second-order valence-electron chi connectivity index (χ2n) is 28.9. The first-order valence-corrected chi connectivity index (χ1v) is 40.3. The maximum atomic E-state index is 14.5. The average Bonchev–Trinajstić information content (AvgIpc) is 1.63. The van der Waals surface area contributed by atoms with Crippen molar-refractivity contribution in [2.75, 3.05) is 63.7 Å². The highest BCUT2D eigenvalue weighted by Gasteiger charge is 2.40. The second kappa shape index (κ2) is 45.7. The predicted octanol–water partition coefficient (Wildman–Crippen LogP) is 20.4. The standard InChI is InChI=1S/C36H44N2O6S.C25H32N2O3S.C12H15BrO4.C12H16O4.CH4/c1-24(2)42-36(41)44-35(28-13-9-6-10-14-28)43-34(40)32-30(23-31(45-32)26-11-7-5-8-12-26)38(29-19-21-37(4)22-20-29)33(39)27-17-15-25(3)16-18-27;1-17-8-10-19(11-9-17)24(28)27(20-12-14-26(2)15-13-20)21-16-22(31-23(21)25(29)30)18-6-4-3-5-7-18;1-9(2)17-12(14)16-8-15-11(13)10-6-4-3-5-7-10;1-10(2)16-12(13)15-9-14-8-11-6-4-3-5-7-11;/h5-14,23-25,27,29,35H,15-22H2,1-4H3;3-7,16-17,19-20H,8-15H2,1-2H3,(H,29,30);3-7,9,11H,8H2,1-2H3;3-7,10H,8-9H2,1-2H3;1H4. The Kier molecular flexibility index (Phi) is 36.9. The van der Waals surface area contributed by atoms with E-state index in [1.54, 1.807) is 65.8 Å². The van der Waals surface area contributed by atoms with Gasteiger partial charge in [-0.05, 0) is 205 Å². The molecule has 2 aliphatic heterocycles. The van der Waals surface area contributed by atoms with Crippen LogP contribution >= 0.6 is 38.6 Å². The summed E-state index contributed by atoms with van der Waals surface area (Å²) in [5, 5.41) is 9.70. The molecule has 110 heavy (non-hydrogen) atoms. The van der Waals surface area contributed by atoms with Crippen LogP contribution in [0.3, 0.4) is 0 Å². The number of piperidine rings is 2. The maximum absolute atomic E-state index is 14.5. The zero-order valence-electron chi connectivity index (χ0n) is 64.3. The first-order chi connectivity index (χ1) is 52.4. The number of ether oxygens (including phenoxy) is 9. The number of esters is 1. The summed E-state index contributed by atoms with van der Waals surface area (Å²) >= 11 is 5.90. The largest absolute Gasteiger partial charge is 0.511 e. The molecule has 0 radical (unpaired) electrons. The molecule has 1 N–H and O–H groups in total. The average molecular weight is 1620 g/mol. The molecule has 4 fully saturated rings. The fourth-order valence-electron chi connectivity index (χ4n) is 13.2. The van der Waals surface area contributed by atoms with Crippen molar-refractivity contribution >= 4 is 92.2 Å². The Morgan fingerprint density at radius 1 is 0.473 bits per heavy atom. The molecule has 2 amide bonds. The number of carbonyl (C=O) groups excluding carboxylic acids is 6. The van der Waals surface area contributed by atoms with Crippen molar-refractivity contribution in [1.29, 1.82) is 0 Å². The molecule has 4 aliphatic rings. The summed E-state index contributed by atoms with van der Waals surface area (Å²) in [7, 11) is 4.20. The van der Waals surface area contributed by atoms with Gasteiger partial charge in [0.2, 0.25) is 11.8 Å². The molecule has 2 saturated carbocycles. The number of halogens is 1. The number of hydrogen-bond donors (Lipinski definition) is 1. The summed E-state index contributed by atoms with van der Waals surface area (Å²) in [5.74, 6) is -0.216. The lowest BCUT2D eigenvalue weighted by molar-refractivity contribution is -0.125. The Morgan fingerprint density at radius 3 is 1.26 bits per heavy atom. The molecule has 7 aromatic rings. The quantitative estimate of drug-likeness (QED) is 0.0195. The summed E-state index contributed by atoms with van der Waals surface area (Å²) in [5.41, 5.74) is 5.57. The van der Waals surface area contributed by atoms with Gasteiger partial charge in [0.25, 0.3) is 6.29 Å². The molecule has 2 aromatic heterocycles. The number of thiophene rings is 2. The maximum Gasteiger partial charge on any atom is 0.511 e. The molecule has 2 saturated heterocycles. The van der Waals surface area contributed by atoms with Gasteiger partial charge < -0.3 is 67.3 Å². The number of carbonyl (C=O) groups is 7. The summed E-state index contributed by atoms with van der Waals surface area (Å²) in [4.78, 5) is 99.9. The zero-order valence-corrected chi connectivity index (χ0v) is 67.6. The fraction of sp³-hybridized carbons (Fsp3) is 0.477. The molecule has 2 unspecified atom stereocenters. The van der Waals surface area contributed by atoms with Crippen molar-refractivity contribution in [1.82, 2.24) is 9.80 Å². The Labute approximate surface area is 665 Å². The van der Waals surface area contributed by atoms with E-state index in [0.717, 1.165) is 135 Å². The van der Waals surface area contributed by atoms with Crippen LogP contribution in [0.15, 0.2) is 164 Å². The van der Waals surface area contributed by atoms with Gasteiger partial charge in [-0.1, -0.05) is 189 Å². The van der Waals surface area contributed by atoms with Crippen LogP contribution in [-0.4, -0.2) is 141 Å². The van der Waals surface area contributed by atoms with Crippen LogP contribution in [0.25, 0.3) is 20.9 Å². The Balaban J connectivity index is 0.000000223. The van der Waals surface area contributed by atoms with Gasteiger partial charge in [-0.15, -0.1) is 22.7 Å². The van der Waals surface area contributed by atoms with E-state index in [0.29, 0.717) is 40.3 Å². The number of benzene rings is 5. The molecule has 21 nitrogen and oxygen atoms in total. The van der Waals surface area contributed by atoms with E-state index in [2.05, 4.69) is 53.7 Å². The molecular formula is C86H111BrN4O17S2. The van der Waals surface area contributed by atoms with E-state index >= 15 is 0 Å². The molecule has 2 aliphatic carbocycles. The first-order valence-electron chi connectivity index (χ1n) is 37.8. The summed E-state index contributed by atoms with van der Waals surface area (Å²) in [6.45, 7) is 18.7. The number of anilines is 2. The highest BCUT2D eigenvalue weighted by molar-refractivity contribution is 9.09. The number of rotatable bonds is 24. The predicted molar refractivity (Wildman–Crippen MR) is 434 cm³/mol. The van der Waals surface area contributed by atoms with E-state index < -0.39 is 42.8 Å². The molecule has 4 heterocycles. The smallest absolute Gasteiger partial charge is 0.477 e. The minimum Gasteiger partial charge on any atom is -0.477 e. The summed E-state index contributed by atoms with van der Waals surface area (Å²) < 4.78 is 46.1. The molecular weight excluding hydrogens is 1500 g/mol. The van der Waals surface area contributed by atoms with Gasteiger partial charge in [-0.2, -0.15) is 0 Å². The second-order valence-corrected chi connectivity index (χ2v) is 31.8. The Hall–Kier alpha value is -8.49. The number of alkyl halides is 1. The SMILES string of the molecule is C.CC(C)OC(=O)OCOC(Br)c1ccccc1.CC(C)OC(=O)OCOCc1ccccc1.CC1CCC(C(=O)N(c2cc(-c3ccccc3)sc2C(=O)O)C2CCN(C)CC2)CC1.CC1CCC(C(=O)N(c2cc(-c3ccccc3)sc2C(=O)OC(OC(=O)OC(C)C)c2ccccc2)C2CCN(C)CC2)CC1. The third-order valence-electron chi connectivity index (χ3n) is 19.1. The number of aromatic carboxylic acids is 1. The van der Waals surface area contributed by atoms with Crippen molar-refractivity contribution < 1.29 is 81.3 Å². The van der Waals surface area contributed by atoms with Crippen molar-refractivity contribution in [2.45, 2.75) is 188 Å². The molecule has 11 rings (SSSR count). The summed E-state index contributed by atoms with van der Waals surface area (Å²) in [6.07, 6.45) is 6.59. The van der Waals surface area contributed by atoms with Crippen LogP contribution in [0.1, 0.15) is 187 Å². The topological polar surface area (TPSA) is 236 Å². The van der Waals surface area contributed by atoms with Crippen LogP contribution in [0, 0.1) is 23.7 Å². The molecule has 0 spiro atoms. The zero-order chi connectivity index (χ0) is 78.4. The molecule has 24 heteroatoms. The molecule has 0 bridgehead atoms. The summed E-state index contributed by atoms with van der Waals surface area (Å²) in [6, 6.07) is 51.6. The number of likely N-dealkylation sites (tertiary alicyclic amines) is 2. The minimum atomic E-state index is -1.33. The van der Waals surface area contributed by atoms with E-state index in [-0.39, 0.29) is 78.8 Å². The van der Waals surface area contributed by atoms with E-state index in [4.69, 9.17) is 42.6 Å². The Bertz CT molecular complexity index is 3910. The van der Waals surface area contributed by atoms with Crippen molar-refractivity contribution in [3.63, 3.8) is 0 Å². The molecule has 2 atom stereocenters. The van der Waals surface area contributed by atoms with E-state index in [1.165, 1.54) is 22.7 Å². The third-order valence-corrected chi connectivity index (χ3v) is 22.2. The van der Waals surface area contributed by atoms with Gasteiger partial charge in [0.05, 0.1) is 36.3 Å². The van der Waals surface area contributed by atoms with Crippen molar-refractivity contribution in [3.8, 4) is 20.9 Å². The van der Waals surface area contributed by atoms with Gasteiger partial charge in [0, 0.05) is 39.2 Å². The van der Waals surface area contributed by atoms with E-state index in [9.17, 15) is 38.7 Å². The lowest BCUT2D eigenvalue weighted by atomic mass is 9.82. The number of amides is 2. The van der Waals surface area contributed by atoms with Crippen molar-refractivity contribution in [2.24, 2.45) is 23.7 Å². The first kappa shape index (κ1) is 88.7. The lowest BCUT2D eigenvalue weighted by Gasteiger charge is -2.40. The lowest BCUT2D eigenvalue weighted by Crippen LogP contribution is -2.49. The van der Waals surface area contributed by atoms with Gasteiger partial charge in [-0.25, -0.2) is 24.0 Å². The Morgan fingerprint density at radius 2 is 0.845 bits per heavy atom. The molecule has 5 aromatic carbocycles. The van der Waals surface area contributed by atoms with Gasteiger partial charge >= 0.3 is 30.4 Å². The van der Waals surface area contributed by atoms with Gasteiger partial charge in [-0.3, -0.25) is 9.59 Å². The number of carboxylic acids is 1. The molecule has 596 valence electrons. The highest BCUT2D eigenvalue weighted by Crippen LogP contribution is 2.44. The third kappa shape index (κ3) is 28.4. The van der Waals surface area contributed by atoms with Crippen LogP contribution in [0.4, 0.5) is 25.8 Å². The number of hydrogen-bond acceptors (Lipinski definition) is 20. The van der Waals surface area contributed by atoms with Crippen LogP contribution in [0.5, 0.6) is 0 Å². The highest BCUT2D eigenvalue weighted by atomic mass is 79.9. The minimum absolute atomic E-state index is 0. The van der Waals surface area contributed by atoms with E-state index in [1.807, 2.05) is 149 Å². The monoisotopic (exact) mass is 1610 g/mol. The van der Waals surface area contributed by atoms with Crippen LogP contribution in [0.2, 0.25) is 0 Å². The van der Waals surface area contributed by atoms with Gasteiger partial charge in [0.1, 0.15) is 14.8 Å².